The van der Waals surface area contributed by atoms with Gasteiger partial charge in [-0.05, 0) is 36.0 Å². The van der Waals surface area contributed by atoms with E-state index in [1.54, 1.807) is 0 Å². The van der Waals surface area contributed by atoms with Crippen LogP contribution in [0.4, 0.5) is 0 Å². The monoisotopic (exact) mass is 236 g/mol. The highest BCUT2D eigenvalue weighted by Gasteiger charge is 2.11. The number of hydrogen-bond acceptors (Lipinski definition) is 0. The molecule has 0 spiro atoms. The largest absolute Gasteiger partial charge is 0.0883 e. The Kier molecular flexibility index (Phi) is 2.84. The molecule has 1 aromatic carbocycles. The number of hydrogen-bond donors (Lipinski definition) is 0. The summed E-state index contributed by atoms with van der Waals surface area (Å²) >= 11 is 3.46. The molecule has 0 heterocycles. The Morgan fingerprint density at radius 1 is 1.23 bits per heavy atom. The van der Waals surface area contributed by atoms with Crippen LogP contribution in [0.3, 0.4) is 0 Å². The van der Waals surface area contributed by atoms with Crippen LogP contribution < -0.4 is 0 Å². The maximum atomic E-state index is 3.46. The van der Waals surface area contributed by atoms with Crippen LogP contribution in [-0.4, -0.2) is 5.33 Å². The summed E-state index contributed by atoms with van der Waals surface area (Å²) in [5.41, 5.74) is 4.49. The van der Waals surface area contributed by atoms with Crippen molar-refractivity contribution in [2.75, 3.05) is 5.33 Å². The number of alkyl halides is 1. The predicted molar refractivity (Wildman–Crippen MR) is 61.2 cm³/mol. The van der Waals surface area contributed by atoms with Crippen molar-refractivity contribution in [2.24, 2.45) is 0 Å². The van der Waals surface area contributed by atoms with Gasteiger partial charge in [0.15, 0.2) is 0 Å². The lowest BCUT2D eigenvalue weighted by Gasteiger charge is -2.18. The Labute approximate surface area is 87.8 Å². The zero-order valence-electron chi connectivity index (χ0n) is 7.59. The first-order valence-corrected chi connectivity index (χ1v) is 5.87. The third-order valence-electron chi connectivity index (χ3n) is 2.58. The molecular formula is C12H13Br. The van der Waals surface area contributed by atoms with Crippen molar-refractivity contribution in [3.05, 3.63) is 41.5 Å². The lowest BCUT2D eigenvalue weighted by molar-refractivity contribution is 0.822. The van der Waals surface area contributed by atoms with Crippen LogP contribution in [0.2, 0.25) is 0 Å². The van der Waals surface area contributed by atoms with E-state index in [2.05, 4.69) is 46.3 Å². The van der Waals surface area contributed by atoms with E-state index in [-0.39, 0.29) is 0 Å². The third kappa shape index (κ3) is 1.86. The van der Waals surface area contributed by atoms with E-state index < -0.39 is 0 Å². The predicted octanol–water partition coefficient (Wildman–Crippen LogP) is 3.80. The average molecular weight is 237 g/mol. The van der Waals surface area contributed by atoms with E-state index in [1.165, 1.54) is 36.0 Å². The number of allylic oxidation sites excluding steroid dienone is 2. The van der Waals surface area contributed by atoms with Crippen molar-refractivity contribution in [1.29, 1.82) is 0 Å². The highest BCUT2D eigenvalue weighted by molar-refractivity contribution is 9.09. The lowest BCUT2D eigenvalue weighted by Crippen LogP contribution is -2.01. The fourth-order valence-electron chi connectivity index (χ4n) is 1.96. The number of halogens is 1. The van der Waals surface area contributed by atoms with Gasteiger partial charge in [0, 0.05) is 5.33 Å². The molecule has 0 saturated carbocycles. The minimum atomic E-state index is 0.969. The summed E-state index contributed by atoms with van der Waals surface area (Å²) < 4.78 is 0. The fourth-order valence-corrected chi connectivity index (χ4v) is 2.35. The summed E-state index contributed by atoms with van der Waals surface area (Å²) in [5, 5.41) is 0.969. The van der Waals surface area contributed by atoms with Gasteiger partial charge in [0.05, 0.1) is 0 Å². The molecule has 0 saturated heterocycles. The molecule has 1 aromatic rings. The first kappa shape index (κ1) is 9.01. The Hall–Kier alpha value is -0.560. The zero-order valence-corrected chi connectivity index (χ0v) is 9.18. The van der Waals surface area contributed by atoms with Gasteiger partial charge in [0.1, 0.15) is 0 Å². The van der Waals surface area contributed by atoms with Crippen molar-refractivity contribution >= 4 is 21.5 Å². The normalized spacial score (nSPS) is 18.7. The van der Waals surface area contributed by atoms with E-state index in [4.69, 9.17) is 0 Å². The molecule has 0 aliphatic heterocycles. The lowest BCUT2D eigenvalue weighted by atomic mass is 9.87. The number of fused-ring (bicyclic) bond motifs is 1. The standard InChI is InChI=1S/C12H13Br/c13-9-8-11-6-3-5-10-4-1-2-7-12(10)11/h1-2,4,7-8H,3,5-6,9H2/b11-8+. The smallest absolute Gasteiger partial charge is 0.0217 e. The summed E-state index contributed by atoms with van der Waals surface area (Å²) in [6.45, 7) is 0. The number of rotatable bonds is 1. The molecule has 0 atom stereocenters. The van der Waals surface area contributed by atoms with Gasteiger partial charge in [-0.3, -0.25) is 0 Å². The van der Waals surface area contributed by atoms with Crippen molar-refractivity contribution in [3.63, 3.8) is 0 Å². The number of benzene rings is 1. The molecule has 0 bridgehead atoms. The Balaban J connectivity index is 2.42. The van der Waals surface area contributed by atoms with E-state index >= 15 is 0 Å². The first-order chi connectivity index (χ1) is 6.42. The highest BCUT2D eigenvalue weighted by atomic mass is 79.9. The van der Waals surface area contributed by atoms with Crippen LogP contribution in [0, 0.1) is 0 Å². The van der Waals surface area contributed by atoms with Crippen LogP contribution in [0.1, 0.15) is 24.0 Å². The summed E-state index contributed by atoms with van der Waals surface area (Å²) in [6.07, 6.45) is 6.08. The van der Waals surface area contributed by atoms with E-state index in [9.17, 15) is 0 Å². The molecule has 1 aliphatic carbocycles. The first-order valence-electron chi connectivity index (χ1n) is 4.75. The molecule has 0 fully saturated rings. The van der Waals surface area contributed by atoms with Gasteiger partial charge in [-0.1, -0.05) is 46.3 Å². The second kappa shape index (κ2) is 4.10. The van der Waals surface area contributed by atoms with Crippen LogP contribution in [-0.2, 0) is 6.42 Å². The molecular weight excluding hydrogens is 224 g/mol. The maximum absolute atomic E-state index is 3.46. The molecule has 0 unspecified atom stereocenters. The summed E-state index contributed by atoms with van der Waals surface area (Å²) in [7, 11) is 0. The highest BCUT2D eigenvalue weighted by Crippen LogP contribution is 2.30. The van der Waals surface area contributed by atoms with Gasteiger partial charge in [-0.2, -0.15) is 0 Å². The fraction of sp³-hybridized carbons (Fsp3) is 0.333. The van der Waals surface area contributed by atoms with Gasteiger partial charge < -0.3 is 0 Å². The van der Waals surface area contributed by atoms with Gasteiger partial charge in [0.25, 0.3) is 0 Å². The quantitative estimate of drug-likeness (QED) is 0.651. The van der Waals surface area contributed by atoms with Gasteiger partial charge >= 0.3 is 0 Å². The van der Waals surface area contributed by atoms with E-state index in [0.717, 1.165) is 5.33 Å². The minimum Gasteiger partial charge on any atom is -0.0883 e. The molecule has 68 valence electrons. The van der Waals surface area contributed by atoms with E-state index in [1.807, 2.05) is 0 Å². The van der Waals surface area contributed by atoms with Crippen molar-refractivity contribution in [1.82, 2.24) is 0 Å². The molecule has 0 nitrogen and oxygen atoms in total. The molecule has 0 radical (unpaired) electrons. The van der Waals surface area contributed by atoms with Crippen LogP contribution in [0.5, 0.6) is 0 Å². The molecule has 0 N–H and O–H groups in total. The van der Waals surface area contributed by atoms with Crippen molar-refractivity contribution < 1.29 is 0 Å². The maximum Gasteiger partial charge on any atom is 0.0217 e. The molecule has 0 amide bonds. The van der Waals surface area contributed by atoms with Gasteiger partial charge in [-0.15, -0.1) is 0 Å². The van der Waals surface area contributed by atoms with Crippen LogP contribution in [0.15, 0.2) is 30.3 Å². The van der Waals surface area contributed by atoms with Crippen molar-refractivity contribution in [3.8, 4) is 0 Å². The second-order valence-electron chi connectivity index (χ2n) is 3.39. The van der Waals surface area contributed by atoms with Crippen molar-refractivity contribution in [2.45, 2.75) is 19.3 Å². The third-order valence-corrected chi connectivity index (χ3v) is 2.90. The van der Waals surface area contributed by atoms with Gasteiger partial charge in [-0.25, -0.2) is 0 Å². The summed E-state index contributed by atoms with van der Waals surface area (Å²) in [5.74, 6) is 0. The molecule has 0 aromatic heterocycles. The van der Waals surface area contributed by atoms with Crippen LogP contribution >= 0.6 is 15.9 Å². The Morgan fingerprint density at radius 3 is 2.92 bits per heavy atom. The van der Waals surface area contributed by atoms with Crippen LogP contribution in [0.25, 0.3) is 5.57 Å². The minimum absolute atomic E-state index is 0.969. The molecule has 13 heavy (non-hydrogen) atoms. The van der Waals surface area contributed by atoms with Gasteiger partial charge in [0.2, 0.25) is 0 Å². The zero-order chi connectivity index (χ0) is 9.10. The summed E-state index contributed by atoms with van der Waals surface area (Å²) in [6, 6.07) is 8.75. The Morgan fingerprint density at radius 2 is 2.08 bits per heavy atom. The summed E-state index contributed by atoms with van der Waals surface area (Å²) in [4.78, 5) is 0. The molecule has 1 heteroatoms. The SMILES string of the molecule is BrC/C=C1\CCCc2ccccc21. The average Bonchev–Trinajstić information content (AvgIpc) is 2.19. The topological polar surface area (TPSA) is 0 Å². The molecule has 2 rings (SSSR count). The van der Waals surface area contributed by atoms with E-state index in [0.29, 0.717) is 0 Å². The molecule has 1 aliphatic rings. The Bertz CT molecular complexity index is 326. The number of aryl methyl sites for hydroxylation is 1. The second-order valence-corrected chi connectivity index (χ2v) is 4.04.